The van der Waals surface area contributed by atoms with E-state index in [0.29, 0.717) is 17.5 Å². The second-order valence-electron chi connectivity index (χ2n) is 13.7. The monoisotopic (exact) mass is 689 g/mol. The van der Waals surface area contributed by atoms with E-state index in [1.165, 1.54) is 48.9 Å². The van der Waals surface area contributed by atoms with Crippen LogP contribution in [0.25, 0.3) is 99.9 Å². The molecule has 5 nitrogen and oxygen atoms in total. The first kappa shape index (κ1) is 30.3. The van der Waals surface area contributed by atoms with Crippen molar-refractivity contribution in [1.82, 2.24) is 24.1 Å². The minimum Gasteiger partial charge on any atom is -0.307 e. The summed E-state index contributed by atoms with van der Waals surface area (Å²) in [5.74, 6) is 1.93. The lowest BCUT2D eigenvalue weighted by molar-refractivity contribution is 1.07. The second kappa shape index (κ2) is 12.1. The van der Waals surface area contributed by atoms with E-state index in [0.717, 1.165) is 33.6 Å². The van der Waals surface area contributed by atoms with Gasteiger partial charge in [0.2, 0.25) is 0 Å². The minimum absolute atomic E-state index is 0.634. The number of nitrogens with zero attached hydrogens (tertiary/aromatic N) is 5. The number of benzene rings is 8. The Labute approximate surface area is 311 Å². The normalized spacial score (nSPS) is 11.7. The third-order valence-corrected chi connectivity index (χ3v) is 10.5. The van der Waals surface area contributed by atoms with Gasteiger partial charge in [-0.15, -0.1) is 0 Å². The molecule has 0 fully saturated rings. The molecule has 0 aliphatic carbocycles. The van der Waals surface area contributed by atoms with E-state index in [1.807, 2.05) is 60.7 Å². The van der Waals surface area contributed by atoms with E-state index >= 15 is 0 Å². The molecule has 0 aliphatic heterocycles. The third kappa shape index (κ3) is 4.76. The van der Waals surface area contributed by atoms with E-state index in [9.17, 15) is 0 Å². The van der Waals surface area contributed by atoms with Crippen molar-refractivity contribution in [2.75, 3.05) is 0 Å². The van der Waals surface area contributed by atoms with Gasteiger partial charge in [0.25, 0.3) is 0 Å². The molecule has 0 amide bonds. The molecule has 0 radical (unpaired) electrons. The molecule has 0 bridgehead atoms. The van der Waals surface area contributed by atoms with Crippen molar-refractivity contribution in [3.8, 4) is 45.5 Å². The summed E-state index contributed by atoms with van der Waals surface area (Å²) in [6.07, 6.45) is 0. The molecule has 54 heavy (non-hydrogen) atoms. The maximum atomic E-state index is 4.99. The molecule has 252 valence electrons. The second-order valence-corrected chi connectivity index (χ2v) is 13.7. The lowest BCUT2D eigenvalue weighted by Gasteiger charge is -2.13. The van der Waals surface area contributed by atoms with Crippen LogP contribution < -0.4 is 0 Å². The van der Waals surface area contributed by atoms with E-state index in [-0.39, 0.29) is 0 Å². The summed E-state index contributed by atoms with van der Waals surface area (Å²) in [6, 6.07) is 66.3. The first-order valence-corrected chi connectivity index (χ1v) is 18.2. The molecule has 0 atom stereocenters. The average Bonchev–Trinajstić information content (AvgIpc) is 3.76. The smallest absolute Gasteiger partial charge is 0.164 e. The Morgan fingerprint density at radius 2 is 0.741 bits per heavy atom. The van der Waals surface area contributed by atoms with Crippen molar-refractivity contribution < 1.29 is 0 Å². The number of aromatic nitrogens is 5. The van der Waals surface area contributed by atoms with Crippen LogP contribution >= 0.6 is 0 Å². The van der Waals surface area contributed by atoms with Gasteiger partial charge in [0.05, 0.1) is 22.1 Å². The predicted molar refractivity (Wildman–Crippen MR) is 222 cm³/mol. The highest BCUT2D eigenvalue weighted by Gasteiger charge is 2.22. The lowest BCUT2D eigenvalue weighted by atomic mass is 10.0. The van der Waals surface area contributed by atoms with E-state index in [4.69, 9.17) is 15.0 Å². The van der Waals surface area contributed by atoms with Crippen molar-refractivity contribution in [1.29, 1.82) is 0 Å². The quantitative estimate of drug-likeness (QED) is 0.181. The molecule has 8 aromatic carbocycles. The zero-order valence-electron chi connectivity index (χ0n) is 29.1. The molecule has 11 rings (SSSR count). The van der Waals surface area contributed by atoms with E-state index in [1.54, 1.807) is 0 Å². The van der Waals surface area contributed by atoms with Crippen LogP contribution in [-0.4, -0.2) is 24.1 Å². The van der Waals surface area contributed by atoms with Gasteiger partial charge in [-0.05, 0) is 65.4 Å². The number of rotatable bonds is 5. The van der Waals surface area contributed by atoms with Crippen LogP contribution in [0.2, 0.25) is 0 Å². The van der Waals surface area contributed by atoms with Crippen LogP contribution in [0.4, 0.5) is 0 Å². The first-order valence-electron chi connectivity index (χ1n) is 18.2. The van der Waals surface area contributed by atoms with Gasteiger partial charge in [0.15, 0.2) is 17.5 Å². The fourth-order valence-corrected chi connectivity index (χ4v) is 8.04. The fraction of sp³-hybridized carbons (Fsp3) is 0. The van der Waals surface area contributed by atoms with Crippen molar-refractivity contribution in [2.24, 2.45) is 0 Å². The zero-order chi connectivity index (χ0) is 35.6. The highest BCUT2D eigenvalue weighted by Crippen LogP contribution is 2.42. The molecule has 0 saturated heterocycles. The van der Waals surface area contributed by atoms with E-state index in [2.05, 4.69) is 137 Å². The van der Waals surface area contributed by atoms with Gasteiger partial charge in [-0.3, -0.25) is 0 Å². The molecule has 0 unspecified atom stereocenters. The average molecular weight is 690 g/mol. The minimum atomic E-state index is 0.634. The van der Waals surface area contributed by atoms with E-state index < -0.39 is 0 Å². The topological polar surface area (TPSA) is 48.5 Å². The van der Waals surface area contributed by atoms with Crippen molar-refractivity contribution in [3.63, 3.8) is 0 Å². The van der Waals surface area contributed by atoms with Crippen molar-refractivity contribution in [2.45, 2.75) is 0 Å². The molecule has 5 heteroatoms. The Hall–Kier alpha value is -7.37. The molecule has 3 aromatic heterocycles. The standard InChI is InChI=1S/C49H31N5/c1-4-14-32(15-5-1)47-50-48(33-16-6-2-7-17-33)52-49(51-47)34-24-26-38(27-25-34)53-43-23-13-12-22-39(43)40-28-29-41-42-30-35-18-10-11-19-36(35)31-44(42)54(46(41)45(40)53)37-20-8-3-9-21-37/h1-31H. The maximum absolute atomic E-state index is 4.99. The highest BCUT2D eigenvalue weighted by molar-refractivity contribution is 6.25. The zero-order valence-corrected chi connectivity index (χ0v) is 29.1. The molecule has 0 spiro atoms. The summed E-state index contributed by atoms with van der Waals surface area (Å²) < 4.78 is 4.87. The van der Waals surface area contributed by atoms with Gasteiger partial charge in [-0.25, -0.2) is 15.0 Å². The number of para-hydroxylation sites is 2. The number of hydrogen-bond acceptors (Lipinski definition) is 3. The van der Waals surface area contributed by atoms with Crippen LogP contribution in [0.1, 0.15) is 0 Å². The molecule has 0 saturated carbocycles. The molecule has 0 N–H and O–H groups in total. The van der Waals surface area contributed by atoms with Crippen LogP contribution in [0.5, 0.6) is 0 Å². The Morgan fingerprint density at radius 3 is 1.35 bits per heavy atom. The van der Waals surface area contributed by atoms with Gasteiger partial charge < -0.3 is 9.13 Å². The first-order chi connectivity index (χ1) is 26.8. The lowest BCUT2D eigenvalue weighted by Crippen LogP contribution is -2.01. The Morgan fingerprint density at radius 1 is 0.296 bits per heavy atom. The summed E-state index contributed by atoms with van der Waals surface area (Å²) in [4.78, 5) is 14.9. The van der Waals surface area contributed by atoms with Crippen molar-refractivity contribution >= 4 is 54.4 Å². The summed E-state index contributed by atoms with van der Waals surface area (Å²) in [6.45, 7) is 0. The number of fused-ring (bicyclic) bond motifs is 8. The van der Waals surface area contributed by atoms with Gasteiger partial charge in [-0.1, -0.05) is 133 Å². The summed E-state index contributed by atoms with van der Waals surface area (Å²) in [5.41, 5.74) is 9.71. The van der Waals surface area contributed by atoms with Crippen LogP contribution in [0.15, 0.2) is 188 Å². The molecular weight excluding hydrogens is 659 g/mol. The van der Waals surface area contributed by atoms with Crippen LogP contribution in [0, 0.1) is 0 Å². The van der Waals surface area contributed by atoms with Gasteiger partial charge in [0.1, 0.15) is 0 Å². The largest absolute Gasteiger partial charge is 0.307 e. The molecule has 11 aromatic rings. The Kier molecular flexibility index (Phi) is 6.79. The Bertz CT molecular complexity index is 3120. The Balaban J connectivity index is 1.16. The van der Waals surface area contributed by atoms with Crippen LogP contribution in [-0.2, 0) is 0 Å². The van der Waals surface area contributed by atoms with Gasteiger partial charge in [0, 0.05) is 49.6 Å². The fourth-order valence-electron chi connectivity index (χ4n) is 8.04. The summed E-state index contributed by atoms with van der Waals surface area (Å²) >= 11 is 0. The summed E-state index contributed by atoms with van der Waals surface area (Å²) in [7, 11) is 0. The molecule has 3 heterocycles. The van der Waals surface area contributed by atoms with Gasteiger partial charge in [-0.2, -0.15) is 0 Å². The third-order valence-electron chi connectivity index (χ3n) is 10.5. The number of hydrogen-bond donors (Lipinski definition) is 0. The maximum Gasteiger partial charge on any atom is 0.164 e. The van der Waals surface area contributed by atoms with Gasteiger partial charge >= 0.3 is 0 Å². The highest BCUT2D eigenvalue weighted by atomic mass is 15.1. The summed E-state index contributed by atoms with van der Waals surface area (Å²) in [5, 5.41) is 7.34. The van der Waals surface area contributed by atoms with Crippen molar-refractivity contribution in [3.05, 3.63) is 188 Å². The van der Waals surface area contributed by atoms with Crippen LogP contribution in [0.3, 0.4) is 0 Å². The predicted octanol–water partition coefficient (Wildman–Crippen LogP) is 12.2. The molecular formula is C49H31N5. The molecule has 0 aliphatic rings. The SMILES string of the molecule is c1ccc(-c2nc(-c3ccccc3)nc(-c3ccc(-n4c5ccccc5c5ccc6c7cc8ccccc8cc7n(-c7ccccc7)c6c54)cc3)n2)cc1.